The molecule has 0 saturated carbocycles. The molecule has 1 aromatic heterocycles. The molecule has 2 aromatic rings. The number of aromatic nitrogens is 2. The summed E-state index contributed by atoms with van der Waals surface area (Å²) >= 11 is 0. The Kier molecular flexibility index (Phi) is 10.2. The first-order valence-corrected chi connectivity index (χ1v) is 12.2. The quantitative estimate of drug-likeness (QED) is 0.156. The van der Waals surface area contributed by atoms with Crippen LogP contribution in [0.5, 0.6) is 5.75 Å². The number of nitrogens with zero attached hydrogens (tertiary/aromatic N) is 1. The minimum absolute atomic E-state index is 0.0856. The SMILES string of the molecule is C#C[C@@](O)([C@H](O)[C@@H](COP(=O)(N[C@@H](C)C(=O)OCC)Oc1ccccc1)OC)n1ccc(=O)[nH]c1=O. The number of terminal acetylenes is 1. The number of methoxy groups -OCH3 is 1. The van der Waals surface area contributed by atoms with Crippen LogP contribution in [0.15, 0.2) is 52.2 Å². The van der Waals surface area contributed by atoms with Gasteiger partial charge in [-0.3, -0.25) is 23.7 Å². The summed E-state index contributed by atoms with van der Waals surface area (Å²) in [6.07, 6.45) is 2.79. The van der Waals surface area contributed by atoms with E-state index < -0.39 is 55.5 Å². The maximum absolute atomic E-state index is 13.5. The van der Waals surface area contributed by atoms with E-state index in [1.54, 1.807) is 25.1 Å². The first kappa shape index (κ1) is 29.0. The van der Waals surface area contributed by atoms with Crippen molar-refractivity contribution in [2.24, 2.45) is 0 Å². The van der Waals surface area contributed by atoms with Crippen LogP contribution in [0.2, 0.25) is 0 Å². The van der Waals surface area contributed by atoms with Crippen LogP contribution >= 0.6 is 7.75 Å². The maximum atomic E-state index is 13.5. The molecule has 13 nitrogen and oxygen atoms in total. The number of hydrogen-bond acceptors (Lipinski definition) is 10. The van der Waals surface area contributed by atoms with Gasteiger partial charge < -0.3 is 24.2 Å². The number of aliphatic hydroxyl groups excluding tert-OH is 1. The molecule has 0 aliphatic heterocycles. The first-order chi connectivity index (χ1) is 17.0. The Bertz CT molecular complexity index is 1220. The zero-order valence-electron chi connectivity index (χ0n) is 19.8. The summed E-state index contributed by atoms with van der Waals surface area (Å²) in [4.78, 5) is 37.5. The van der Waals surface area contributed by atoms with Crippen LogP contribution in [0.3, 0.4) is 0 Å². The molecule has 2 rings (SSSR count). The van der Waals surface area contributed by atoms with Crippen molar-refractivity contribution in [2.45, 2.75) is 37.8 Å². The number of carbonyl (C=O) groups excluding carboxylic acids is 1. The Hall–Kier alpha value is -3.24. The lowest BCUT2D eigenvalue weighted by Gasteiger charge is -2.34. The minimum Gasteiger partial charge on any atom is -0.465 e. The number of rotatable bonds is 13. The molecular formula is C22H28N3O10P. The molecule has 1 heterocycles. The monoisotopic (exact) mass is 525 g/mol. The molecular weight excluding hydrogens is 497 g/mol. The molecule has 36 heavy (non-hydrogen) atoms. The number of H-pyrrole nitrogens is 1. The van der Waals surface area contributed by atoms with Crippen molar-refractivity contribution in [3.8, 4) is 18.1 Å². The molecule has 0 amide bonds. The van der Waals surface area contributed by atoms with E-state index in [1.807, 2.05) is 10.9 Å². The second-order valence-corrected chi connectivity index (χ2v) is 9.06. The largest absolute Gasteiger partial charge is 0.465 e. The highest BCUT2D eigenvalue weighted by molar-refractivity contribution is 7.52. The Balaban J connectivity index is 2.31. The molecule has 0 aliphatic rings. The highest BCUT2D eigenvalue weighted by Crippen LogP contribution is 2.45. The van der Waals surface area contributed by atoms with Crippen LogP contribution in [0.1, 0.15) is 13.8 Å². The van der Waals surface area contributed by atoms with E-state index >= 15 is 0 Å². The molecule has 0 bridgehead atoms. The number of esters is 1. The number of hydrogen-bond donors (Lipinski definition) is 4. The number of aromatic amines is 1. The highest BCUT2D eigenvalue weighted by atomic mass is 31.2. The highest BCUT2D eigenvalue weighted by Gasteiger charge is 2.44. The molecule has 0 aliphatic carbocycles. The minimum atomic E-state index is -4.32. The van der Waals surface area contributed by atoms with Crippen molar-refractivity contribution in [1.29, 1.82) is 0 Å². The molecule has 0 saturated heterocycles. The second-order valence-electron chi connectivity index (χ2n) is 7.37. The zero-order chi connectivity index (χ0) is 26.9. The fraction of sp³-hybridized carbons (Fsp3) is 0.409. The standard InChI is InChI=1S/C22H28N3O10P/c1-5-22(30,25-13-12-18(26)23-21(25)29)19(27)17(32-4)14-34-36(31,24-15(3)20(28)33-6-2)35-16-10-8-7-9-11-16/h1,7-13,15,17,19,27,30H,6,14H2,2-4H3,(H,24,31)(H,23,26,29)/t15-,17+,19+,22+,36?/m0/s1. The van der Waals surface area contributed by atoms with Gasteiger partial charge in [-0.2, -0.15) is 5.09 Å². The smallest absolute Gasteiger partial charge is 0.459 e. The van der Waals surface area contributed by atoms with Crippen molar-refractivity contribution in [2.75, 3.05) is 20.3 Å². The summed E-state index contributed by atoms with van der Waals surface area (Å²) in [7, 11) is -3.18. The van der Waals surface area contributed by atoms with Gasteiger partial charge in [-0.25, -0.2) is 9.36 Å². The summed E-state index contributed by atoms with van der Waals surface area (Å²) in [6, 6.07) is 7.72. The number of benzene rings is 1. The fourth-order valence-electron chi connectivity index (χ4n) is 2.97. The predicted octanol–water partition coefficient (Wildman–Crippen LogP) is -0.0643. The van der Waals surface area contributed by atoms with Crippen molar-refractivity contribution >= 4 is 13.7 Å². The van der Waals surface area contributed by atoms with Gasteiger partial charge in [-0.1, -0.05) is 18.2 Å². The Morgan fingerprint density at radius 2 is 1.97 bits per heavy atom. The third-order valence-electron chi connectivity index (χ3n) is 4.84. The van der Waals surface area contributed by atoms with Crippen LogP contribution in [0.25, 0.3) is 0 Å². The van der Waals surface area contributed by atoms with Gasteiger partial charge in [0.25, 0.3) is 5.56 Å². The predicted molar refractivity (Wildman–Crippen MR) is 127 cm³/mol. The van der Waals surface area contributed by atoms with Crippen LogP contribution in [0, 0.1) is 12.3 Å². The van der Waals surface area contributed by atoms with E-state index in [4.69, 9.17) is 24.9 Å². The normalized spacial score (nSPS) is 17.0. The third-order valence-corrected chi connectivity index (χ3v) is 6.48. The van der Waals surface area contributed by atoms with Gasteiger partial charge in [0.1, 0.15) is 24.0 Å². The van der Waals surface area contributed by atoms with Gasteiger partial charge in [0.05, 0.1) is 13.2 Å². The molecule has 0 fully saturated rings. The molecule has 0 spiro atoms. The molecule has 0 radical (unpaired) electrons. The Labute approximate surface area is 206 Å². The Morgan fingerprint density at radius 1 is 1.31 bits per heavy atom. The lowest BCUT2D eigenvalue weighted by atomic mass is 10.0. The molecule has 1 aromatic carbocycles. The summed E-state index contributed by atoms with van der Waals surface area (Å²) in [5, 5.41) is 24.2. The second kappa shape index (κ2) is 12.6. The zero-order valence-corrected chi connectivity index (χ0v) is 20.7. The lowest BCUT2D eigenvalue weighted by molar-refractivity contribution is -0.154. The lowest BCUT2D eigenvalue weighted by Crippen LogP contribution is -2.56. The van der Waals surface area contributed by atoms with Gasteiger partial charge in [-0.05, 0) is 31.9 Å². The first-order valence-electron chi connectivity index (χ1n) is 10.7. The van der Waals surface area contributed by atoms with E-state index in [2.05, 4.69) is 5.09 Å². The van der Waals surface area contributed by atoms with Gasteiger partial charge in [-0.15, -0.1) is 6.42 Å². The van der Waals surface area contributed by atoms with Crippen LogP contribution < -0.4 is 20.9 Å². The number of para-hydroxylation sites is 1. The van der Waals surface area contributed by atoms with Crippen molar-refractivity contribution in [3.63, 3.8) is 0 Å². The van der Waals surface area contributed by atoms with Gasteiger partial charge >= 0.3 is 19.4 Å². The van der Waals surface area contributed by atoms with Crippen molar-refractivity contribution < 1.29 is 38.1 Å². The van der Waals surface area contributed by atoms with Crippen LogP contribution in [-0.4, -0.2) is 64.3 Å². The van der Waals surface area contributed by atoms with Crippen LogP contribution in [0.4, 0.5) is 0 Å². The van der Waals surface area contributed by atoms with Crippen molar-refractivity contribution in [3.05, 3.63) is 63.4 Å². The molecule has 196 valence electrons. The summed E-state index contributed by atoms with van der Waals surface area (Å²) < 4.78 is 35.0. The average Bonchev–Trinajstić information content (AvgIpc) is 2.84. The average molecular weight is 525 g/mol. The molecule has 5 atom stereocenters. The van der Waals surface area contributed by atoms with Gasteiger partial charge in [0, 0.05) is 19.4 Å². The van der Waals surface area contributed by atoms with Gasteiger partial charge in [0.2, 0.25) is 5.72 Å². The van der Waals surface area contributed by atoms with Gasteiger partial charge in [0.15, 0.2) is 0 Å². The van der Waals surface area contributed by atoms with E-state index in [0.717, 1.165) is 19.4 Å². The third kappa shape index (κ3) is 7.14. The van der Waals surface area contributed by atoms with Crippen molar-refractivity contribution in [1.82, 2.24) is 14.6 Å². The fourth-order valence-corrected chi connectivity index (χ4v) is 4.47. The van der Waals surface area contributed by atoms with E-state index in [-0.39, 0.29) is 12.4 Å². The summed E-state index contributed by atoms with van der Waals surface area (Å²) in [5.41, 5.74) is -4.54. The summed E-state index contributed by atoms with van der Waals surface area (Å²) in [6.45, 7) is 2.38. The molecule has 14 heteroatoms. The Morgan fingerprint density at radius 3 is 2.53 bits per heavy atom. The maximum Gasteiger partial charge on any atom is 0.459 e. The summed E-state index contributed by atoms with van der Waals surface area (Å²) in [5.74, 6) is 1.32. The van der Waals surface area contributed by atoms with Crippen LogP contribution in [-0.2, 0) is 29.1 Å². The molecule has 4 N–H and O–H groups in total. The van der Waals surface area contributed by atoms with E-state index in [9.17, 15) is 29.2 Å². The number of carbonyl (C=O) groups is 1. The number of aliphatic hydroxyl groups is 2. The topological polar surface area (TPSA) is 178 Å². The van der Waals surface area contributed by atoms with E-state index in [1.165, 1.54) is 19.1 Å². The number of ether oxygens (including phenoxy) is 2. The van der Waals surface area contributed by atoms with E-state index in [0.29, 0.717) is 4.57 Å². The molecule has 1 unspecified atom stereocenters. The number of nitrogens with one attached hydrogen (secondary N) is 2.